The Morgan fingerprint density at radius 2 is 2.25 bits per heavy atom. The summed E-state index contributed by atoms with van der Waals surface area (Å²) < 4.78 is 5.03. The molecule has 0 bridgehead atoms. The summed E-state index contributed by atoms with van der Waals surface area (Å²) in [7, 11) is 5.73. The molecule has 16 heavy (non-hydrogen) atoms. The fraction of sp³-hybridized carbons (Fsp3) is 0.583. The quantitative estimate of drug-likeness (QED) is 0.744. The first-order valence-corrected chi connectivity index (χ1v) is 5.52. The zero-order valence-corrected chi connectivity index (χ0v) is 10.4. The van der Waals surface area contributed by atoms with E-state index >= 15 is 0 Å². The molecule has 1 N–H and O–H groups in total. The van der Waals surface area contributed by atoms with Crippen LogP contribution in [0.5, 0.6) is 0 Å². The van der Waals surface area contributed by atoms with Crippen molar-refractivity contribution in [2.45, 2.75) is 13.1 Å². The molecule has 0 saturated carbocycles. The number of likely N-dealkylation sites (N-methyl/N-ethyl adjacent to an activating group) is 1. The first kappa shape index (κ1) is 13.1. The van der Waals surface area contributed by atoms with Gasteiger partial charge in [-0.2, -0.15) is 0 Å². The van der Waals surface area contributed by atoms with Crippen molar-refractivity contribution in [2.24, 2.45) is 0 Å². The Kier molecular flexibility index (Phi) is 6.00. The Labute approximate surface area is 97.6 Å². The molecule has 0 fully saturated rings. The number of hydrogen-bond donors (Lipinski definition) is 1. The number of methoxy groups -OCH3 is 1. The van der Waals surface area contributed by atoms with E-state index in [1.54, 1.807) is 7.11 Å². The average Bonchev–Trinajstić information content (AvgIpc) is 2.29. The molecule has 0 spiro atoms. The predicted molar refractivity (Wildman–Crippen MR) is 65.2 cm³/mol. The van der Waals surface area contributed by atoms with Gasteiger partial charge in [-0.3, -0.25) is 9.88 Å². The van der Waals surface area contributed by atoms with E-state index in [0.29, 0.717) is 0 Å². The molecule has 0 radical (unpaired) electrons. The number of hydrogen-bond acceptors (Lipinski definition) is 4. The topological polar surface area (TPSA) is 37.4 Å². The highest BCUT2D eigenvalue weighted by molar-refractivity contribution is 5.13. The zero-order valence-electron chi connectivity index (χ0n) is 10.4. The minimum absolute atomic E-state index is 0.758. The zero-order chi connectivity index (χ0) is 11.8. The van der Waals surface area contributed by atoms with E-state index in [0.717, 1.165) is 31.9 Å². The largest absolute Gasteiger partial charge is 0.383 e. The molecule has 4 nitrogen and oxygen atoms in total. The minimum Gasteiger partial charge on any atom is -0.383 e. The van der Waals surface area contributed by atoms with E-state index in [1.807, 2.05) is 13.2 Å². The van der Waals surface area contributed by atoms with Crippen LogP contribution < -0.4 is 5.32 Å². The minimum atomic E-state index is 0.758. The van der Waals surface area contributed by atoms with Crippen molar-refractivity contribution in [3.05, 3.63) is 29.6 Å². The van der Waals surface area contributed by atoms with Crippen LogP contribution >= 0.6 is 0 Å². The summed E-state index contributed by atoms with van der Waals surface area (Å²) >= 11 is 0. The van der Waals surface area contributed by atoms with Crippen LogP contribution in [0.15, 0.2) is 18.3 Å². The molecule has 1 aromatic rings. The molecule has 0 aliphatic rings. The van der Waals surface area contributed by atoms with Gasteiger partial charge in [-0.05, 0) is 25.7 Å². The van der Waals surface area contributed by atoms with Gasteiger partial charge in [0.2, 0.25) is 0 Å². The van der Waals surface area contributed by atoms with Crippen LogP contribution in [-0.2, 0) is 17.8 Å². The third-order valence-electron chi connectivity index (χ3n) is 2.38. The molecule has 0 aliphatic carbocycles. The highest BCUT2D eigenvalue weighted by Crippen LogP contribution is 2.02. The number of nitrogens with one attached hydrogen (secondary N) is 1. The Hall–Kier alpha value is -0.970. The molecular weight excluding hydrogens is 202 g/mol. The van der Waals surface area contributed by atoms with Crippen molar-refractivity contribution in [3.63, 3.8) is 0 Å². The average molecular weight is 223 g/mol. The molecule has 4 heteroatoms. The molecule has 0 unspecified atom stereocenters. The van der Waals surface area contributed by atoms with Crippen LogP contribution in [0.25, 0.3) is 0 Å². The Morgan fingerprint density at radius 3 is 2.81 bits per heavy atom. The third kappa shape index (κ3) is 4.70. The summed E-state index contributed by atoms with van der Waals surface area (Å²) in [5.41, 5.74) is 2.31. The van der Waals surface area contributed by atoms with Crippen LogP contribution in [0.3, 0.4) is 0 Å². The Balaban J connectivity index is 2.41. The van der Waals surface area contributed by atoms with Gasteiger partial charge in [0.25, 0.3) is 0 Å². The highest BCUT2D eigenvalue weighted by Gasteiger charge is 2.01. The normalized spacial score (nSPS) is 11.0. The summed E-state index contributed by atoms with van der Waals surface area (Å²) in [6.45, 7) is 3.42. The third-order valence-corrected chi connectivity index (χ3v) is 2.38. The van der Waals surface area contributed by atoms with Gasteiger partial charge in [0.05, 0.1) is 12.3 Å². The molecule has 90 valence electrons. The second-order valence-corrected chi connectivity index (χ2v) is 3.92. The van der Waals surface area contributed by atoms with Crippen molar-refractivity contribution in [2.75, 3.05) is 34.4 Å². The van der Waals surface area contributed by atoms with Crippen LogP contribution in [0, 0.1) is 0 Å². The monoisotopic (exact) mass is 223 g/mol. The van der Waals surface area contributed by atoms with Gasteiger partial charge < -0.3 is 10.1 Å². The van der Waals surface area contributed by atoms with Gasteiger partial charge in [0.15, 0.2) is 0 Å². The summed E-state index contributed by atoms with van der Waals surface area (Å²) in [5.74, 6) is 0. The van der Waals surface area contributed by atoms with E-state index in [4.69, 9.17) is 4.74 Å². The highest BCUT2D eigenvalue weighted by atomic mass is 16.5. The Bertz CT molecular complexity index is 287. The van der Waals surface area contributed by atoms with E-state index in [9.17, 15) is 0 Å². The Morgan fingerprint density at radius 1 is 1.44 bits per heavy atom. The molecular formula is C12H21N3O. The lowest BCUT2D eigenvalue weighted by molar-refractivity contribution is 0.158. The van der Waals surface area contributed by atoms with Crippen LogP contribution in [0.4, 0.5) is 0 Å². The molecule has 0 saturated heterocycles. The van der Waals surface area contributed by atoms with Gasteiger partial charge in [-0.15, -0.1) is 0 Å². The number of pyridine rings is 1. The second kappa shape index (κ2) is 7.33. The smallest absolute Gasteiger partial charge is 0.0589 e. The first-order valence-electron chi connectivity index (χ1n) is 5.52. The second-order valence-electron chi connectivity index (χ2n) is 3.92. The number of ether oxygens (including phenoxy) is 1. The molecule has 0 aromatic carbocycles. The molecule has 1 rings (SSSR count). The summed E-state index contributed by atoms with van der Waals surface area (Å²) in [5, 5.41) is 3.11. The molecule has 1 aromatic heterocycles. The molecule has 0 atom stereocenters. The lowest BCUT2D eigenvalue weighted by Gasteiger charge is -2.15. The fourth-order valence-corrected chi connectivity index (χ4v) is 1.46. The lowest BCUT2D eigenvalue weighted by atomic mass is 10.2. The first-order chi connectivity index (χ1) is 7.76. The van der Waals surface area contributed by atoms with Crippen LogP contribution in [-0.4, -0.2) is 44.2 Å². The molecule has 0 amide bonds. The van der Waals surface area contributed by atoms with Crippen molar-refractivity contribution >= 4 is 0 Å². The van der Waals surface area contributed by atoms with E-state index in [2.05, 4.69) is 34.4 Å². The van der Waals surface area contributed by atoms with Gasteiger partial charge >= 0.3 is 0 Å². The van der Waals surface area contributed by atoms with Crippen molar-refractivity contribution in [3.8, 4) is 0 Å². The standard InChI is InChI=1S/C12H21N3O/c1-13-8-11-4-5-12(14-9-11)10-15(2)6-7-16-3/h4-5,9,13H,6-8,10H2,1-3H3. The maximum absolute atomic E-state index is 5.03. The van der Waals surface area contributed by atoms with Crippen molar-refractivity contribution in [1.82, 2.24) is 15.2 Å². The predicted octanol–water partition coefficient (Wildman–Crippen LogP) is 0.879. The maximum Gasteiger partial charge on any atom is 0.0589 e. The van der Waals surface area contributed by atoms with Crippen molar-refractivity contribution < 1.29 is 4.74 Å². The summed E-state index contributed by atoms with van der Waals surface area (Å²) in [4.78, 5) is 6.62. The van der Waals surface area contributed by atoms with Crippen LogP contribution in [0.1, 0.15) is 11.3 Å². The van der Waals surface area contributed by atoms with Gasteiger partial charge in [-0.1, -0.05) is 6.07 Å². The van der Waals surface area contributed by atoms with E-state index in [-0.39, 0.29) is 0 Å². The number of aromatic nitrogens is 1. The molecule has 0 aliphatic heterocycles. The SMILES string of the molecule is CNCc1ccc(CN(C)CCOC)nc1. The van der Waals surface area contributed by atoms with Gasteiger partial charge in [0, 0.05) is 32.9 Å². The van der Waals surface area contributed by atoms with E-state index < -0.39 is 0 Å². The summed E-state index contributed by atoms with van der Waals surface area (Å²) in [6.07, 6.45) is 1.93. The molecule has 1 heterocycles. The summed E-state index contributed by atoms with van der Waals surface area (Å²) in [6, 6.07) is 4.19. The van der Waals surface area contributed by atoms with Crippen molar-refractivity contribution in [1.29, 1.82) is 0 Å². The number of nitrogens with zero attached hydrogens (tertiary/aromatic N) is 2. The van der Waals surface area contributed by atoms with Crippen LogP contribution in [0.2, 0.25) is 0 Å². The number of rotatable bonds is 7. The maximum atomic E-state index is 5.03. The van der Waals surface area contributed by atoms with E-state index in [1.165, 1.54) is 5.56 Å². The van der Waals surface area contributed by atoms with Gasteiger partial charge in [-0.25, -0.2) is 0 Å². The van der Waals surface area contributed by atoms with Gasteiger partial charge in [0.1, 0.15) is 0 Å². The fourth-order valence-electron chi connectivity index (χ4n) is 1.46. The lowest BCUT2D eigenvalue weighted by Crippen LogP contribution is -2.22.